The molecule has 22 heavy (non-hydrogen) atoms. The maximum Gasteiger partial charge on any atom is 0.338 e. The molecule has 4 nitrogen and oxygen atoms in total. The van der Waals surface area contributed by atoms with E-state index in [9.17, 15) is 13.2 Å². The number of carbonyl (C=O) groups excluding carboxylic acids is 1. The molecular formula is C16H15BrO4S. The molecule has 2 rings (SSSR count). The Labute approximate surface area is 138 Å². The normalized spacial score (nSPS) is 11.2. The molecule has 0 aromatic heterocycles. The van der Waals surface area contributed by atoms with Crippen LogP contribution >= 0.6 is 15.9 Å². The minimum absolute atomic E-state index is 0.165. The monoisotopic (exact) mass is 382 g/mol. The number of ether oxygens (including phenoxy) is 1. The molecule has 0 aliphatic carbocycles. The summed E-state index contributed by atoms with van der Waals surface area (Å²) in [6.07, 6.45) is 0. The van der Waals surface area contributed by atoms with Crippen molar-refractivity contribution in [2.45, 2.75) is 17.6 Å². The van der Waals surface area contributed by atoms with Gasteiger partial charge in [0.25, 0.3) is 0 Å². The van der Waals surface area contributed by atoms with Crippen molar-refractivity contribution in [2.24, 2.45) is 0 Å². The summed E-state index contributed by atoms with van der Waals surface area (Å²) < 4.78 is 30.5. The van der Waals surface area contributed by atoms with Gasteiger partial charge in [0.05, 0.1) is 22.8 Å². The standard InChI is InChI=1S/C16H15BrO4S/c1-2-21-16(18)13-5-3-4-12(10-13)11-22(19,20)15-8-6-14(17)7-9-15/h3-10H,2,11H2,1H3. The molecule has 0 amide bonds. The van der Waals surface area contributed by atoms with Crippen molar-refractivity contribution in [3.8, 4) is 0 Å². The molecule has 0 fully saturated rings. The smallest absolute Gasteiger partial charge is 0.338 e. The van der Waals surface area contributed by atoms with Crippen molar-refractivity contribution in [3.05, 3.63) is 64.1 Å². The van der Waals surface area contributed by atoms with Crippen LogP contribution < -0.4 is 0 Å². The molecule has 0 spiro atoms. The Bertz CT molecular complexity index is 767. The average molecular weight is 383 g/mol. The zero-order chi connectivity index (χ0) is 16.2. The van der Waals surface area contributed by atoms with Crippen LogP contribution in [0.1, 0.15) is 22.8 Å². The molecule has 0 radical (unpaired) electrons. The molecule has 6 heteroatoms. The van der Waals surface area contributed by atoms with Gasteiger partial charge in [-0.25, -0.2) is 13.2 Å². The van der Waals surface area contributed by atoms with Gasteiger partial charge < -0.3 is 4.74 Å². The van der Waals surface area contributed by atoms with Gasteiger partial charge in [0, 0.05) is 4.47 Å². The minimum atomic E-state index is -3.46. The van der Waals surface area contributed by atoms with Crippen molar-refractivity contribution >= 4 is 31.7 Å². The summed E-state index contributed by atoms with van der Waals surface area (Å²) in [6.45, 7) is 2.00. The van der Waals surface area contributed by atoms with Crippen LogP contribution in [0.3, 0.4) is 0 Å². The Morgan fingerprint density at radius 3 is 2.45 bits per heavy atom. The summed E-state index contributed by atoms with van der Waals surface area (Å²) >= 11 is 3.27. The minimum Gasteiger partial charge on any atom is -0.462 e. The van der Waals surface area contributed by atoms with E-state index in [0.717, 1.165) is 4.47 Å². The number of rotatable bonds is 5. The Morgan fingerprint density at radius 2 is 1.82 bits per heavy atom. The predicted octanol–water partition coefficient (Wildman–Crippen LogP) is 3.60. The van der Waals surface area contributed by atoms with Crippen LogP contribution in [0.2, 0.25) is 0 Å². The van der Waals surface area contributed by atoms with Crippen LogP contribution in [0.25, 0.3) is 0 Å². The van der Waals surface area contributed by atoms with Gasteiger partial charge in [-0.15, -0.1) is 0 Å². The number of halogens is 1. The van der Waals surface area contributed by atoms with Crippen LogP contribution in [-0.2, 0) is 20.3 Å². The molecule has 2 aromatic carbocycles. The first kappa shape index (κ1) is 16.7. The van der Waals surface area contributed by atoms with Gasteiger partial charge >= 0.3 is 5.97 Å². The molecule has 116 valence electrons. The van der Waals surface area contributed by atoms with E-state index in [4.69, 9.17) is 4.74 Å². The van der Waals surface area contributed by atoms with Gasteiger partial charge in [-0.05, 0) is 48.9 Å². The van der Waals surface area contributed by atoms with Crippen LogP contribution in [-0.4, -0.2) is 21.0 Å². The van der Waals surface area contributed by atoms with Gasteiger partial charge in [-0.2, -0.15) is 0 Å². The summed E-state index contributed by atoms with van der Waals surface area (Å²) in [6, 6.07) is 13.0. The summed E-state index contributed by atoms with van der Waals surface area (Å²) in [5, 5.41) is 0. The van der Waals surface area contributed by atoms with E-state index in [1.54, 1.807) is 55.5 Å². The summed E-state index contributed by atoms with van der Waals surface area (Å²) in [5.74, 6) is -0.618. The van der Waals surface area contributed by atoms with Crippen molar-refractivity contribution in [3.63, 3.8) is 0 Å². The Balaban J connectivity index is 2.24. The van der Waals surface area contributed by atoms with Crippen molar-refractivity contribution < 1.29 is 17.9 Å². The maximum atomic E-state index is 12.4. The summed E-state index contributed by atoms with van der Waals surface area (Å²) in [5.41, 5.74) is 0.902. The van der Waals surface area contributed by atoms with Crippen LogP contribution in [0.4, 0.5) is 0 Å². The maximum absolute atomic E-state index is 12.4. The van der Waals surface area contributed by atoms with Crippen molar-refractivity contribution in [1.29, 1.82) is 0 Å². The highest BCUT2D eigenvalue weighted by Crippen LogP contribution is 2.20. The number of carbonyl (C=O) groups is 1. The van der Waals surface area contributed by atoms with Gasteiger partial charge in [0.15, 0.2) is 9.84 Å². The van der Waals surface area contributed by atoms with E-state index in [0.29, 0.717) is 11.1 Å². The average Bonchev–Trinajstić information content (AvgIpc) is 2.48. The van der Waals surface area contributed by atoms with E-state index in [2.05, 4.69) is 15.9 Å². The lowest BCUT2D eigenvalue weighted by Crippen LogP contribution is -2.08. The third-order valence-corrected chi connectivity index (χ3v) is 5.20. The second-order valence-electron chi connectivity index (χ2n) is 4.63. The highest BCUT2D eigenvalue weighted by molar-refractivity contribution is 9.10. The van der Waals surface area contributed by atoms with Gasteiger partial charge in [-0.3, -0.25) is 0 Å². The third-order valence-electron chi connectivity index (χ3n) is 2.97. The highest BCUT2D eigenvalue weighted by atomic mass is 79.9. The van der Waals surface area contributed by atoms with Gasteiger partial charge in [0.1, 0.15) is 0 Å². The van der Waals surface area contributed by atoms with E-state index in [1.807, 2.05) is 0 Å². The zero-order valence-corrected chi connectivity index (χ0v) is 14.4. The predicted molar refractivity (Wildman–Crippen MR) is 87.4 cm³/mol. The molecule has 0 unspecified atom stereocenters. The molecule has 0 saturated heterocycles. The molecule has 0 aliphatic rings. The Hall–Kier alpha value is -1.66. The molecule has 2 aromatic rings. The number of sulfone groups is 1. The Kier molecular flexibility index (Phi) is 5.37. The topological polar surface area (TPSA) is 60.4 Å². The SMILES string of the molecule is CCOC(=O)c1cccc(CS(=O)(=O)c2ccc(Br)cc2)c1. The zero-order valence-electron chi connectivity index (χ0n) is 12.0. The number of hydrogen-bond acceptors (Lipinski definition) is 4. The van der Waals surface area contributed by atoms with E-state index < -0.39 is 15.8 Å². The molecule has 0 aliphatic heterocycles. The first-order chi connectivity index (χ1) is 10.4. The van der Waals surface area contributed by atoms with Crippen LogP contribution in [0, 0.1) is 0 Å². The molecule has 0 bridgehead atoms. The molecule has 0 saturated carbocycles. The number of benzene rings is 2. The van der Waals surface area contributed by atoms with E-state index in [-0.39, 0.29) is 17.3 Å². The number of esters is 1. The van der Waals surface area contributed by atoms with Crippen molar-refractivity contribution in [2.75, 3.05) is 6.61 Å². The van der Waals surface area contributed by atoms with Crippen LogP contribution in [0.5, 0.6) is 0 Å². The quantitative estimate of drug-likeness (QED) is 0.741. The number of hydrogen-bond donors (Lipinski definition) is 0. The third kappa shape index (κ3) is 4.18. The lowest BCUT2D eigenvalue weighted by atomic mass is 10.1. The highest BCUT2D eigenvalue weighted by Gasteiger charge is 2.16. The van der Waals surface area contributed by atoms with Gasteiger partial charge in [-0.1, -0.05) is 28.1 Å². The molecule has 0 N–H and O–H groups in total. The van der Waals surface area contributed by atoms with Crippen molar-refractivity contribution in [1.82, 2.24) is 0 Å². The molecular weight excluding hydrogens is 368 g/mol. The second-order valence-corrected chi connectivity index (χ2v) is 7.54. The summed E-state index contributed by atoms with van der Waals surface area (Å²) in [7, 11) is -3.46. The largest absolute Gasteiger partial charge is 0.462 e. The van der Waals surface area contributed by atoms with E-state index >= 15 is 0 Å². The first-order valence-electron chi connectivity index (χ1n) is 6.67. The Morgan fingerprint density at radius 1 is 1.14 bits per heavy atom. The lowest BCUT2D eigenvalue weighted by molar-refractivity contribution is 0.0526. The fraction of sp³-hybridized carbons (Fsp3) is 0.188. The molecule has 0 heterocycles. The summed E-state index contributed by atoms with van der Waals surface area (Å²) in [4.78, 5) is 11.9. The first-order valence-corrected chi connectivity index (χ1v) is 9.11. The fourth-order valence-electron chi connectivity index (χ4n) is 1.95. The fourth-order valence-corrected chi connectivity index (χ4v) is 3.55. The molecule has 0 atom stereocenters. The lowest BCUT2D eigenvalue weighted by Gasteiger charge is -2.07. The second kappa shape index (κ2) is 7.07. The van der Waals surface area contributed by atoms with Gasteiger partial charge in [0.2, 0.25) is 0 Å². The van der Waals surface area contributed by atoms with Crippen LogP contribution in [0.15, 0.2) is 57.9 Å². The van der Waals surface area contributed by atoms with E-state index in [1.165, 1.54) is 0 Å².